The minimum absolute atomic E-state index is 0.211. The van der Waals surface area contributed by atoms with Crippen molar-refractivity contribution < 1.29 is 14.3 Å². The molecule has 6 nitrogen and oxygen atoms in total. The number of thiazole rings is 1. The molecule has 0 spiro atoms. The minimum Gasteiger partial charge on any atom is -0.489 e. The number of carbonyl (C=O) groups excluding carboxylic acids is 1. The molecule has 1 aliphatic rings. The van der Waals surface area contributed by atoms with E-state index in [1.165, 1.54) is 11.3 Å². The van der Waals surface area contributed by atoms with E-state index in [9.17, 15) is 9.59 Å². The van der Waals surface area contributed by atoms with E-state index in [0.717, 1.165) is 16.7 Å². The summed E-state index contributed by atoms with van der Waals surface area (Å²) in [6.45, 7) is 4.03. The molecule has 0 fully saturated rings. The van der Waals surface area contributed by atoms with E-state index in [0.29, 0.717) is 43.0 Å². The van der Waals surface area contributed by atoms with E-state index < -0.39 is 12.0 Å². The summed E-state index contributed by atoms with van der Waals surface area (Å²) in [4.78, 5) is 31.9. The lowest BCUT2D eigenvalue weighted by atomic mass is 9.96. The van der Waals surface area contributed by atoms with Crippen LogP contribution < -0.4 is 19.6 Å². The summed E-state index contributed by atoms with van der Waals surface area (Å²) in [5.74, 6) is 0.146. The SMILES string of the molecule is CCOC(=O)C1=C(C)N=c2s/c(=C\c3cccc(OCc4ccccc4Cl)c3)c(=O)n2[C@@H]1c1ccc(Cl)cc1. The predicted molar refractivity (Wildman–Crippen MR) is 154 cm³/mol. The molecule has 3 aromatic carbocycles. The third kappa shape index (κ3) is 5.71. The molecule has 0 saturated carbocycles. The Hall–Kier alpha value is -3.65. The molecular weight excluding hydrogens is 555 g/mol. The van der Waals surface area contributed by atoms with Gasteiger partial charge in [-0.25, -0.2) is 9.79 Å². The summed E-state index contributed by atoms with van der Waals surface area (Å²) in [7, 11) is 0. The number of esters is 1. The van der Waals surface area contributed by atoms with Gasteiger partial charge in [0.2, 0.25) is 0 Å². The Morgan fingerprint density at radius 2 is 1.85 bits per heavy atom. The second-order valence-electron chi connectivity index (χ2n) is 8.81. The Bertz CT molecular complexity index is 1760. The first-order valence-electron chi connectivity index (χ1n) is 12.3. The van der Waals surface area contributed by atoms with Crippen LogP contribution in [0.25, 0.3) is 6.08 Å². The monoisotopic (exact) mass is 578 g/mol. The van der Waals surface area contributed by atoms with Gasteiger partial charge in [0.25, 0.3) is 5.56 Å². The molecule has 9 heteroatoms. The molecular formula is C30H24Cl2N2O4S. The molecule has 1 aromatic heterocycles. The largest absolute Gasteiger partial charge is 0.489 e. The third-order valence-corrected chi connectivity index (χ3v) is 7.81. The summed E-state index contributed by atoms with van der Waals surface area (Å²) in [5.41, 5.74) is 2.99. The second-order valence-corrected chi connectivity index (χ2v) is 10.7. The first-order valence-corrected chi connectivity index (χ1v) is 13.8. The predicted octanol–water partition coefficient (Wildman–Crippen LogP) is 5.68. The van der Waals surface area contributed by atoms with Crippen LogP contribution in [0.3, 0.4) is 0 Å². The van der Waals surface area contributed by atoms with Crippen molar-refractivity contribution in [1.29, 1.82) is 0 Å². The topological polar surface area (TPSA) is 69.9 Å². The van der Waals surface area contributed by atoms with Crippen LogP contribution in [-0.2, 0) is 16.1 Å². The first-order chi connectivity index (χ1) is 18.9. The zero-order chi connectivity index (χ0) is 27.5. The molecule has 2 heterocycles. The van der Waals surface area contributed by atoms with Crippen molar-refractivity contribution in [2.75, 3.05) is 6.61 Å². The van der Waals surface area contributed by atoms with Gasteiger partial charge in [-0.3, -0.25) is 9.36 Å². The maximum Gasteiger partial charge on any atom is 0.338 e. The summed E-state index contributed by atoms with van der Waals surface area (Å²) >= 11 is 13.6. The average molecular weight is 580 g/mol. The maximum atomic E-state index is 13.8. The average Bonchev–Trinajstić information content (AvgIpc) is 3.22. The van der Waals surface area contributed by atoms with Gasteiger partial charge in [-0.1, -0.05) is 77.0 Å². The van der Waals surface area contributed by atoms with Crippen LogP contribution in [0.2, 0.25) is 10.0 Å². The summed E-state index contributed by atoms with van der Waals surface area (Å²) < 4.78 is 13.3. The number of aromatic nitrogens is 1. The van der Waals surface area contributed by atoms with E-state index in [1.807, 2.05) is 60.7 Å². The Balaban J connectivity index is 1.55. The smallest absolute Gasteiger partial charge is 0.338 e. The molecule has 0 bridgehead atoms. The summed E-state index contributed by atoms with van der Waals surface area (Å²) in [6, 6.07) is 21.4. The van der Waals surface area contributed by atoms with E-state index in [-0.39, 0.29) is 12.2 Å². The standard InChI is InChI=1S/C30H24Cl2N2O4S/c1-3-37-29(36)26-18(2)33-30-34(27(26)20-11-13-22(31)14-12-20)28(35)25(39-30)16-19-7-6-9-23(15-19)38-17-21-8-4-5-10-24(21)32/h4-16,27H,3,17H2,1-2H3/b25-16-/t27-/m1/s1. The van der Waals surface area contributed by atoms with Gasteiger partial charge >= 0.3 is 5.97 Å². The third-order valence-electron chi connectivity index (χ3n) is 6.21. The molecule has 0 N–H and O–H groups in total. The zero-order valence-electron chi connectivity index (χ0n) is 21.2. The number of carbonyl (C=O) groups is 1. The minimum atomic E-state index is -0.690. The highest BCUT2D eigenvalue weighted by atomic mass is 35.5. The highest BCUT2D eigenvalue weighted by Gasteiger charge is 2.33. The number of allylic oxidation sites excluding steroid dienone is 1. The van der Waals surface area contributed by atoms with Gasteiger partial charge < -0.3 is 9.47 Å². The molecule has 4 aromatic rings. The summed E-state index contributed by atoms with van der Waals surface area (Å²) in [5, 5.41) is 1.20. The van der Waals surface area contributed by atoms with Crippen LogP contribution in [-0.4, -0.2) is 17.1 Å². The van der Waals surface area contributed by atoms with Crippen molar-refractivity contribution in [3.63, 3.8) is 0 Å². The van der Waals surface area contributed by atoms with Gasteiger partial charge in [-0.15, -0.1) is 0 Å². The normalized spacial score (nSPS) is 15.1. The van der Waals surface area contributed by atoms with E-state index in [4.69, 9.17) is 32.7 Å². The van der Waals surface area contributed by atoms with Crippen molar-refractivity contribution in [2.45, 2.75) is 26.5 Å². The highest BCUT2D eigenvalue weighted by molar-refractivity contribution is 7.07. The van der Waals surface area contributed by atoms with Crippen LogP contribution in [0.15, 0.2) is 93.9 Å². The fraction of sp³-hybridized carbons (Fsp3) is 0.167. The Kier molecular flexibility index (Phi) is 8.02. The molecule has 39 heavy (non-hydrogen) atoms. The van der Waals surface area contributed by atoms with Crippen LogP contribution >= 0.6 is 34.5 Å². The number of fused-ring (bicyclic) bond motifs is 1. The molecule has 1 aliphatic heterocycles. The fourth-order valence-electron chi connectivity index (χ4n) is 4.37. The Labute approximate surface area is 239 Å². The molecule has 5 rings (SSSR count). The number of rotatable bonds is 7. The van der Waals surface area contributed by atoms with Crippen LogP contribution in [0, 0.1) is 0 Å². The summed E-state index contributed by atoms with van der Waals surface area (Å²) in [6.07, 6.45) is 1.80. The number of hydrogen-bond acceptors (Lipinski definition) is 6. The lowest BCUT2D eigenvalue weighted by molar-refractivity contribution is -0.139. The quantitative estimate of drug-likeness (QED) is 0.264. The van der Waals surface area contributed by atoms with Crippen molar-refractivity contribution >= 4 is 46.6 Å². The molecule has 0 radical (unpaired) electrons. The van der Waals surface area contributed by atoms with Gasteiger partial charge in [0.1, 0.15) is 12.4 Å². The molecule has 0 amide bonds. The van der Waals surface area contributed by atoms with E-state index >= 15 is 0 Å². The number of halogens is 2. The van der Waals surface area contributed by atoms with Crippen LogP contribution in [0.4, 0.5) is 0 Å². The number of nitrogens with zero attached hydrogens (tertiary/aromatic N) is 2. The zero-order valence-corrected chi connectivity index (χ0v) is 23.5. The van der Waals surface area contributed by atoms with Crippen LogP contribution in [0.5, 0.6) is 5.75 Å². The van der Waals surface area contributed by atoms with Crippen molar-refractivity contribution in [3.05, 3.63) is 130 Å². The van der Waals surface area contributed by atoms with Crippen LogP contribution in [0.1, 0.15) is 36.6 Å². The fourth-order valence-corrected chi connectivity index (χ4v) is 5.74. The van der Waals surface area contributed by atoms with E-state index in [2.05, 4.69) is 4.99 Å². The lowest BCUT2D eigenvalue weighted by Gasteiger charge is -2.24. The highest BCUT2D eigenvalue weighted by Crippen LogP contribution is 2.31. The van der Waals surface area contributed by atoms with Crippen molar-refractivity contribution in [3.8, 4) is 5.75 Å². The molecule has 0 saturated heterocycles. The number of benzene rings is 3. The molecule has 1 atom stereocenters. The first kappa shape index (κ1) is 26.9. The van der Waals surface area contributed by atoms with Gasteiger partial charge in [0.15, 0.2) is 4.80 Å². The van der Waals surface area contributed by atoms with Gasteiger partial charge in [-0.2, -0.15) is 0 Å². The second kappa shape index (κ2) is 11.6. The number of ether oxygens (including phenoxy) is 2. The Morgan fingerprint density at radius 3 is 2.59 bits per heavy atom. The van der Waals surface area contributed by atoms with Gasteiger partial charge in [0, 0.05) is 15.6 Å². The lowest BCUT2D eigenvalue weighted by Crippen LogP contribution is -2.39. The van der Waals surface area contributed by atoms with Crippen molar-refractivity contribution in [1.82, 2.24) is 4.57 Å². The van der Waals surface area contributed by atoms with Crippen molar-refractivity contribution in [2.24, 2.45) is 4.99 Å². The molecule has 0 unspecified atom stereocenters. The number of hydrogen-bond donors (Lipinski definition) is 0. The Morgan fingerprint density at radius 1 is 1.08 bits per heavy atom. The molecule has 198 valence electrons. The van der Waals surface area contributed by atoms with Gasteiger partial charge in [0.05, 0.1) is 28.5 Å². The van der Waals surface area contributed by atoms with E-state index in [1.54, 1.807) is 36.6 Å². The maximum absolute atomic E-state index is 13.8. The van der Waals surface area contributed by atoms with Gasteiger partial charge in [-0.05, 0) is 61.4 Å². The molecule has 0 aliphatic carbocycles.